The van der Waals surface area contributed by atoms with Crippen LogP contribution in [-0.2, 0) is 4.79 Å². The van der Waals surface area contributed by atoms with Crippen molar-refractivity contribution >= 4 is 28.5 Å². The number of carbonyl (C=O) groups is 1. The lowest BCUT2D eigenvalue weighted by molar-refractivity contribution is -0.117. The largest absolute Gasteiger partial charge is 0.493 e. The summed E-state index contributed by atoms with van der Waals surface area (Å²) in [4.78, 5) is 26.4. The Morgan fingerprint density at radius 1 is 1.06 bits per heavy atom. The Labute approximate surface area is 195 Å². The summed E-state index contributed by atoms with van der Waals surface area (Å²) in [5.74, 6) is 3.84. The number of ketones is 1. The molecule has 2 aliphatic rings. The quantitative estimate of drug-likeness (QED) is 0.710. The number of methoxy groups -OCH3 is 2. The maximum Gasteiger partial charge on any atom is 0.228 e. The third-order valence-corrected chi connectivity index (χ3v) is 7.09. The zero-order valence-electron chi connectivity index (χ0n) is 20.3. The van der Waals surface area contributed by atoms with Crippen molar-refractivity contribution in [3.8, 4) is 11.5 Å². The summed E-state index contributed by atoms with van der Waals surface area (Å²) in [6.45, 7) is 9.89. The third-order valence-electron chi connectivity index (χ3n) is 7.09. The number of nitrogen functional groups attached to an aromatic ring is 1. The first kappa shape index (κ1) is 23.1. The van der Waals surface area contributed by atoms with Gasteiger partial charge < -0.3 is 25.0 Å². The van der Waals surface area contributed by atoms with E-state index in [0.29, 0.717) is 47.4 Å². The van der Waals surface area contributed by atoms with Crippen molar-refractivity contribution in [2.24, 2.45) is 17.8 Å². The fraction of sp³-hybridized carbons (Fsp3) is 0.560. The number of rotatable bonds is 6. The first-order valence-corrected chi connectivity index (χ1v) is 11.8. The van der Waals surface area contributed by atoms with E-state index in [2.05, 4.69) is 35.6 Å². The number of nitrogens with two attached hydrogens (primary N) is 1. The molecule has 2 heterocycles. The highest BCUT2D eigenvalue weighted by atomic mass is 16.5. The molecule has 1 fully saturated rings. The van der Waals surface area contributed by atoms with Crippen LogP contribution in [0.3, 0.4) is 0 Å². The van der Waals surface area contributed by atoms with E-state index in [1.807, 2.05) is 18.2 Å². The molecule has 1 aromatic heterocycles. The van der Waals surface area contributed by atoms with Crippen molar-refractivity contribution < 1.29 is 14.3 Å². The highest BCUT2D eigenvalue weighted by Gasteiger charge is 2.35. The van der Waals surface area contributed by atoms with Crippen LogP contribution in [0.2, 0.25) is 0 Å². The molecule has 178 valence electrons. The number of fused-ring (bicyclic) bond motifs is 1. The lowest BCUT2D eigenvalue weighted by atomic mass is 9.73. The average molecular weight is 454 g/mol. The van der Waals surface area contributed by atoms with E-state index in [4.69, 9.17) is 20.2 Å². The summed E-state index contributed by atoms with van der Waals surface area (Å²) in [5, 5.41) is 0.742. The van der Waals surface area contributed by atoms with E-state index in [1.165, 1.54) is 5.70 Å². The minimum Gasteiger partial charge on any atom is -0.493 e. The van der Waals surface area contributed by atoms with Crippen molar-refractivity contribution in [1.29, 1.82) is 0 Å². The summed E-state index contributed by atoms with van der Waals surface area (Å²) in [6, 6.07) is 3.65. The number of benzene rings is 1. The molecule has 1 saturated heterocycles. The van der Waals surface area contributed by atoms with E-state index in [0.717, 1.165) is 43.5 Å². The van der Waals surface area contributed by atoms with Gasteiger partial charge in [-0.1, -0.05) is 20.8 Å². The maximum absolute atomic E-state index is 12.5. The number of aromatic nitrogens is 2. The Hall–Kier alpha value is -3.03. The fourth-order valence-corrected chi connectivity index (χ4v) is 5.24. The van der Waals surface area contributed by atoms with Gasteiger partial charge in [-0.3, -0.25) is 4.79 Å². The van der Waals surface area contributed by atoms with Gasteiger partial charge >= 0.3 is 0 Å². The molecule has 2 unspecified atom stereocenters. The summed E-state index contributed by atoms with van der Waals surface area (Å²) in [6.07, 6.45) is 3.61. The second-order valence-corrected chi connectivity index (χ2v) is 9.27. The van der Waals surface area contributed by atoms with Gasteiger partial charge in [0.05, 0.1) is 19.7 Å². The summed E-state index contributed by atoms with van der Waals surface area (Å²) < 4.78 is 10.8. The number of carbonyl (C=O) groups excluding carboxylic acids is 1. The molecular weight excluding hydrogens is 418 g/mol. The van der Waals surface area contributed by atoms with Gasteiger partial charge in [0.2, 0.25) is 5.95 Å². The molecule has 0 saturated carbocycles. The molecule has 0 amide bonds. The Balaban J connectivity index is 1.54. The number of ether oxygens (including phenoxy) is 2. The van der Waals surface area contributed by atoms with Gasteiger partial charge in [-0.2, -0.15) is 4.98 Å². The molecule has 1 aromatic carbocycles. The second kappa shape index (κ2) is 9.45. The standard InChI is InChI=1S/C25H35N5O3/c1-6-17-18(15(2)3)11-16(31)12-21(17)29-7-9-30(10-8-29)25-27-20-14-23(33-5)22(32-4)13-19(20)24(26)28-25/h12-15,17-18H,6-11H2,1-5H3,(H2,26,27,28). The number of allylic oxidation sites excluding steroid dienone is 2. The first-order chi connectivity index (χ1) is 15.9. The smallest absolute Gasteiger partial charge is 0.228 e. The SMILES string of the molecule is CCC1C(N2CCN(c3nc(N)c4cc(OC)c(OC)cc4n3)CC2)=CC(=O)CC1C(C)C. The molecule has 1 aliphatic carbocycles. The van der Waals surface area contributed by atoms with Gasteiger partial charge in [-0.15, -0.1) is 0 Å². The van der Waals surface area contributed by atoms with Crippen LogP contribution in [0.25, 0.3) is 10.9 Å². The van der Waals surface area contributed by atoms with Crippen molar-refractivity contribution in [3.63, 3.8) is 0 Å². The zero-order chi connectivity index (χ0) is 23.7. The van der Waals surface area contributed by atoms with Gasteiger partial charge in [-0.25, -0.2) is 4.98 Å². The first-order valence-electron chi connectivity index (χ1n) is 11.8. The van der Waals surface area contributed by atoms with Gasteiger partial charge in [-0.05, 0) is 24.3 Å². The number of hydrogen-bond donors (Lipinski definition) is 1. The highest BCUT2D eigenvalue weighted by molar-refractivity contribution is 5.92. The molecule has 8 nitrogen and oxygen atoms in total. The van der Waals surface area contributed by atoms with Crippen LogP contribution < -0.4 is 20.1 Å². The summed E-state index contributed by atoms with van der Waals surface area (Å²) in [5.41, 5.74) is 8.22. The molecule has 0 bridgehead atoms. The Kier molecular flexibility index (Phi) is 6.63. The highest BCUT2D eigenvalue weighted by Crippen LogP contribution is 2.39. The van der Waals surface area contributed by atoms with E-state index in [9.17, 15) is 4.79 Å². The molecule has 2 atom stereocenters. The van der Waals surface area contributed by atoms with Crippen LogP contribution in [-0.4, -0.2) is 61.0 Å². The Bertz CT molecular complexity index is 1060. The number of piperazine rings is 1. The predicted octanol–water partition coefficient (Wildman–Crippen LogP) is 3.51. The number of nitrogens with zero attached hydrogens (tertiary/aromatic N) is 4. The average Bonchev–Trinajstić information content (AvgIpc) is 2.82. The maximum atomic E-state index is 12.5. The van der Waals surface area contributed by atoms with Crippen LogP contribution in [0, 0.1) is 17.8 Å². The molecular formula is C25H35N5O3. The third kappa shape index (κ3) is 4.43. The van der Waals surface area contributed by atoms with Crippen molar-refractivity contribution in [3.05, 3.63) is 23.9 Å². The van der Waals surface area contributed by atoms with Crippen LogP contribution in [0.5, 0.6) is 11.5 Å². The Morgan fingerprint density at radius 3 is 2.30 bits per heavy atom. The zero-order valence-corrected chi connectivity index (χ0v) is 20.3. The van der Waals surface area contributed by atoms with Gasteiger partial charge in [0.15, 0.2) is 17.3 Å². The predicted molar refractivity (Wildman–Crippen MR) is 131 cm³/mol. The van der Waals surface area contributed by atoms with Crippen LogP contribution in [0.1, 0.15) is 33.6 Å². The lowest BCUT2D eigenvalue weighted by Gasteiger charge is -2.43. The topological polar surface area (TPSA) is 93.8 Å². The number of anilines is 2. The molecule has 1 aliphatic heterocycles. The monoisotopic (exact) mass is 453 g/mol. The summed E-state index contributed by atoms with van der Waals surface area (Å²) in [7, 11) is 3.20. The van der Waals surface area contributed by atoms with Crippen LogP contribution in [0.15, 0.2) is 23.9 Å². The van der Waals surface area contributed by atoms with E-state index in [1.54, 1.807) is 14.2 Å². The van der Waals surface area contributed by atoms with Gasteiger partial charge in [0, 0.05) is 61.7 Å². The minimum absolute atomic E-state index is 0.255. The molecule has 2 N–H and O–H groups in total. The normalized spacial score (nSPS) is 21.5. The van der Waals surface area contributed by atoms with Gasteiger partial charge in [0.1, 0.15) is 5.82 Å². The Morgan fingerprint density at radius 2 is 1.70 bits per heavy atom. The van der Waals surface area contributed by atoms with Crippen molar-refractivity contribution in [1.82, 2.24) is 14.9 Å². The number of hydrogen-bond acceptors (Lipinski definition) is 8. The molecule has 2 aromatic rings. The van der Waals surface area contributed by atoms with E-state index < -0.39 is 0 Å². The van der Waals surface area contributed by atoms with E-state index in [-0.39, 0.29) is 5.78 Å². The minimum atomic E-state index is 0.255. The van der Waals surface area contributed by atoms with Crippen LogP contribution >= 0.6 is 0 Å². The molecule has 0 spiro atoms. The van der Waals surface area contributed by atoms with E-state index >= 15 is 0 Å². The van der Waals surface area contributed by atoms with Gasteiger partial charge in [0.25, 0.3) is 0 Å². The van der Waals surface area contributed by atoms with Crippen molar-refractivity contribution in [2.75, 3.05) is 51.0 Å². The second-order valence-electron chi connectivity index (χ2n) is 9.27. The molecule has 4 rings (SSSR count). The van der Waals surface area contributed by atoms with Crippen molar-refractivity contribution in [2.45, 2.75) is 33.6 Å². The fourth-order valence-electron chi connectivity index (χ4n) is 5.24. The van der Waals surface area contributed by atoms with Crippen LogP contribution in [0.4, 0.5) is 11.8 Å². The molecule has 33 heavy (non-hydrogen) atoms. The molecule has 8 heteroatoms. The molecule has 0 radical (unpaired) electrons. The lowest BCUT2D eigenvalue weighted by Crippen LogP contribution is -2.49. The summed E-state index contributed by atoms with van der Waals surface area (Å²) >= 11 is 0.